The van der Waals surface area contributed by atoms with Crippen molar-refractivity contribution in [3.63, 3.8) is 0 Å². The lowest BCUT2D eigenvalue weighted by Gasteiger charge is -2.32. The van der Waals surface area contributed by atoms with E-state index < -0.39 is 0 Å². The minimum atomic E-state index is 0.684. The Balaban J connectivity index is 2.10. The molecule has 0 radical (unpaired) electrons. The van der Waals surface area contributed by atoms with Gasteiger partial charge >= 0.3 is 0 Å². The van der Waals surface area contributed by atoms with Crippen molar-refractivity contribution in [2.24, 2.45) is 0 Å². The Labute approximate surface area is 89.1 Å². The molecule has 1 heterocycles. The quantitative estimate of drug-likeness (QED) is 0.729. The minimum Gasteiger partial charge on any atom is -0.314 e. The van der Waals surface area contributed by atoms with Crippen molar-refractivity contribution >= 4 is 0 Å². The lowest BCUT2D eigenvalue weighted by Crippen LogP contribution is -2.39. The van der Waals surface area contributed by atoms with Gasteiger partial charge in [0.2, 0.25) is 0 Å². The standard InChI is InChI=1S/C12H26N2/c1-4-11(2)13-9-8-12-7-5-6-10-14(12)3/h11-13H,4-10H2,1-3H3. The second-order valence-electron chi connectivity index (χ2n) is 4.68. The molecule has 1 N–H and O–H groups in total. The van der Waals surface area contributed by atoms with E-state index in [0.717, 1.165) is 6.04 Å². The SMILES string of the molecule is CCC(C)NCCC1CCCCN1C. The maximum absolute atomic E-state index is 3.57. The zero-order valence-electron chi connectivity index (χ0n) is 10.1. The first-order valence-electron chi connectivity index (χ1n) is 6.17. The van der Waals surface area contributed by atoms with E-state index in [1.807, 2.05) is 0 Å². The highest BCUT2D eigenvalue weighted by Crippen LogP contribution is 2.17. The Morgan fingerprint density at radius 2 is 2.21 bits per heavy atom. The van der Waals surface area contributed by atoms with Gasteiger partial charge in [-0.2, -0.15) is 0 Å². The first kappa shape index (κ1) is 12.0. The molecule has 0 saturated carbocycles. The Hall–Kier alpha value is -0.0800. The Kier molecular flexibility index (Phi) is 5.49. The molecule has 84 valence electrons. The van der Waals surface area contributed by atoms with Gasteiger partial charge in [0, 0.05) is 12.1 Å². The van der Waals surface area contributed by atoms with Crippen LogP contribution in [0.1, 0.15) is 46.0 Å². The molecule has 0 spiro atoms. The molecule has 14 heavy (non-hydrogen) atoms. The molecule has 2 unspecified atom stereocenters. The van der Waals surface area contributed by atoms with E-state index in [0.29, 0.717) is 6.04 Å². The molecule has 1 aliphatic heterocycles. The number of likely N-dealkylation sites (tertiary alicyclic amines) is 1. The zero-order chi connectivity index (χ0) is 10.4. The van der Waals surface area contributed by atoms with Crippen LogP contribution in [-0.4, -0.2) is 37.1 Å². The Morgan fingerprint density at radius 1 is 1.43 bits per heavy atom. The van der Waals surface area contributed by atoms with Gasteiger partial charge in [0.05, 0.1) is 0 Å². The molecule has 0 aliphatic carbocycles. The van der Waals surface area contributed by atoms with Gasteiger partial charge in [-0.25, -0.2) is 0 Å². The van der Waals surface area contributed by atoms with Crippen molar-refractivity contribution in [3.8, 4) is 0 Å². The van der Waals surface area contributed by atoms with Gasteiger partial charge in [0.15, 0.2) is 0 Å². The van der Waals surface area contributed by atoms with Gasteiger partial charge in [-0.15, -0.1) is 0 Å². The highest BCUT2D eigenvalue weighted by molar-refractivity contribution is 4.75. The van der Waals surface area contributed by atoms with Gasteiger partial charge in [-0.3, -0.25) is 0 Å². The van der Waals surface area contributed by atoms with Crippen molar-refractivity contribution in [3.05, 3.63) is 0 Å². The van der Waals surface area contributed by atoms with Crippen LogP contribution >= 0.6 is 0 Å². The van der Waals surface area contributed by atoms with Crippen molar-refractivity contribution in [1.82, 2.24) is 10.2 Å². The molecule has 2 atom stereocenters. The predicted octanol–water partition coefficient (Wildman–Crippen LogP) is 2.25. The molecule has 2 nitrogen and oxygen atoms in total. The molecule has 0 aromatic heterocycles. The topological polar surface area (TPSA) is 15.3 Å². The van der Waals surface area contributed by atoms with Crippen molar-refractivity contribution in [1.29, 1.82) is 0 Å². The van der Waals surface area contributed by atoms with E-state index in [9.17, 15) is 0 Å². The van der Waals surface area contributed by atoms with E-state index >= 15 is 0 Å². The van der Waals surface area contributed by atoms with Crippen molar-refractivity contribution in [2.45, 2.75) is 58.0 Å². The molecular weight excluding hydrogens is 172 g/mol. The maximum atomic E-state index is 3.57. The molecule has 1 saturated heterocycles. The summed E-state index contributed by atoms with van der Waals surface area (Å²) in [7, 11) is 2.27. The van der Waals surface area contributed by atoms with E-state index in [1.165, 1.54) is 45.2 Å². The average molecular weight is 198 g/mol. The Morgan fingerprint density at radius 3 is 2.86 bits per heavy atom. The fourth-order valence-corrected chi connectivity index (χ4v) is 2.15. The van der Waals surface area contributed by atoms with Crippen molar-refractivity contribution < 1.29 is 0 Å². The van der Waals surface area contributed by atoms with Crippen LogP contribution in [0.15, 0.2) is 0 Å². The number of hydrogen-bond donors (Lipinski definition) is 1. The summed E-state index contributed by atoms with van der Waals surface area (Å²) in [5, 5.41) is 3.57. The van der Waals surface area contributed by atoms with Crippen molar-refractivity contribution in [2.75, 3.05) is 20.1 Å². The molecule has 1 fully saturated rings. The van der Waals surface area contributed by atoms with Crippen LogP contribution in [0.5, 0.6) is 0 Å². The predicted molar refractivity (Wildman–Crippen MR) is 62.6 cm³/mol. The van der Waals surface area contributed by atoms with Crippen LogP contribution in [0.3, 0.4) is 0 Å². The largest absolute Gasteiger partial charge is 0.314 e. The molecular formula is C12H26N2. The normalized spacial score (nSPS) is 26.4. The molecule has 0 aromatic carbocycles. The summed E-state index contributed by atoms with van der Waals surface area (Å²) in [6, 6.07) is 1.52. The number of nitrogens with one attached hydrogen (secondary N) is 1. The summed E-state index contributed by atoms with van der Waals surface area (Å²) in [5.41, 5.74) is 0. The summed E-state index contributed by atoms with van der Waals surface area (Å²) >= 11 is 0. The van der Waals surface area contributed by atoms with Gasteiger partial charge < -0.3 is 10.2 Å². The smallest absolute Gasteiger partial charge is 0.0104 e. The number of piperidine rings is 1. The van der Waals surface area contributed by atoms with Gasteiger partial charge in [-0.05, 0) is 52.7 Å². The van der Waals surface area contributed by atoms with E-state index in [-0.39, 0.29) is 0 Å². The lowest BCUT2D eigenvalue weighted by atomic mass is 10.00. The monoisotopic (exact) mass is 198 g/mol. The highest BCUT2D eigenvalue weighted by Gasteiger charge is 2.17. The molecule has 2 heteroatoms. The summed E-state index contributed by atoms with van der Waals surface area (Å²) in [6.07, 6.45) is 6.78. The number of nitrogens with zero attached hydrogens (tertiary/aromatic N) is 1. The van der Waals surface area contributed by atoms with E-state index in [1.54, 1.807) is 0 Å². The van der Waals surface area contributed by atoms with Crippen LogP contribution in [0.25, 0.3) is 0 Å². The third-order valence-corrected chi connectivity index (χ3v) is 3.50. The van der Waals surface area contributed by atoms with Crippen LogP contribution in [0, 0.1) is 0 Å². The summed E-state index contributed by atoms with van der Waals surface area (Å²) in [4.78, 5) is 2.53. The van der Waals surface area contributed by atoms with Gasteiger partial charge in [0.1, 0.15) is 0 Å². The molecule has 0 amide bonds. The minimum absolute atomic E-state index is 0.684. The average Bonchev–Trinajstić information content (AvgIpc) is 2.20. The Bertz CT molecular complexity index is 147. The molecule has 0 bridgehead atoms. The number of rotatable bonds is 5. The zero-order valence-corrected chi connectivity index (χ0v) is 10.1. The van der Waals surface area contributed by atoms with E-state index in [4.69, 9.17) is 0 Å². The summed E-state index contributed by atoms with van der Waals surface area (Å²) in [6.45, 7) is 6.99. The van der Waals surface area contributed by atoms with E-state index in [2.05, 4.69) is 31.1 Å². The fourth-order valence-electron chi connectivity index (χ4n) is 2.15. The summed E-state index contributed by atoms with van der Waals surface area (Å²) < 4.78 is 0. The van der Waals surface area contributed by atoms with Crippen LogP contribution in [0.4, 0.5) is 0 Å². The van der Waals surface area contributed by atoms with Gasteiger partial charge in [-0.1, -0.05) is 13.3 Å². The lowest BCUT2D eigenvalue weighted by molar-refractivity contribution is 0.174. The molecule has 1 aliphatic rings. The van der Waals surface area contributed by atoms with Crippen LogP contribution in [-0.2, 0) is 0 Å². The van der Waals surface area contributed by atoms with Crippen LogP contribution < -0.4 is 5.32 Å². The second kappa shape index (κ2) is 6.41. The number of hydrogen-bond acceptors (Lipinski definition) is 2. The second-order valence-corrected chi connectivity index (χ2v) is 4.68. The fraction of sp³-hybridized carbons (Fsp3) is 1.00. The molecule has 1 rings (SSSR count). The van der Waals surface area contributed by atoms with Crippen LogP contribution in [0.2, 0.25) is 0 Å². The highest BCUT2D eigenvalue weighted by atomic mass is 15.1. The van der Waals surface area contributed by atoms with Gasteiger partial charge in [0.25, 0.3) is 0 Å². The first-order chi connectivity index (χ1) is 6.74. The third-order valence-electron chi connectivity index (χ3n) is 3.50. The maximum Gasteiger partial charge on any atom is 0.0104 e. The third kappa shape index (κ3) is 3.97. The molecule has 0 aromatic rings. The summed E-state index contributed by atoms with van der Waals surface area (Å²) in [5.74, 6) is 0. The first-order valence-corrected chi connectivity index (χ1v) is 6.17.